The maximum atomic E-state index is 2.62. The number of fused-ring (bicyclic) bond motifs is 1. The molecule has 0 spiro atoms. The first-order chi connectivity index (χ1) is 8.31. The number of hydrogen-bond donors (Lipinski definition) is 0. The second kappa shape index (κ2) is 6.46. The lowest BCUT2D eigenvalue weighted by atomic mass is 10.1. The van der Waals surface area contributed by atoms with Gasteiger partial charge in [0.25, 0.3) is 0 Å². The second-order valence-electron chi connectivity index (χ2n) is 4.89. The van der Waals surface area contributed by atoms with Crippen LogP contribution in [-0.2, 0) is 6.54 Å². The molecule has 0 saturated carbocycles. The molecule has 0 N–H and O–H groups in total. The highest BCUT2D eigenvalue weighted by Gasteiger charge is 2.15. The number of rotatable bonds is 4. The summed E-state index contributed by atoms with van der Waals surface area (Å²) in [5, 5.41) is 0. The second-order valence-corrected chi connectivity index (χ2v) is 6.00. The average Bonchev–Trinajstić information content (AvgIpc) is 2.52. The Morgan fingerprint density at radius 2 is 2.18 bits per heavy atom. The molecular formula is C15H23NS. The van der Waals surface area contributed by atoms with Crippen LogP contribution in [0.4, 0.5) is 0 Å². The van der Waals surface area contributed by atoms with Crippen LogP contribution in [0.5, 0.6) is 0 Å². The number of nitrogens with zero attached hydrogens (tertiary/aromatic N) is 1. The van der Waals surface area contributed by atoms with Gasteiger partial charge in [-0.1, -0.05) is 38.0 Å². The third-order valence-electron chi connectivity index (χ3n) is 3.42. The summed E-state index contributed by atoms with van der Waals surface area (Å²) in [6.45, 7) is 8.16. The molecule has 94 valence electrons. The molecule has 1 aromatic carbocycles. The quantitative estimate of drug-likeness (QED) is 0.739. The highest BCUT2D eigenvalue weighted by Crippen LogP contribution is 2.30. The van der Waals surface area contributed by atoms with E-state index in [2.05, 4.69) is 36.9 Å². The summed E-state index contributed by atoms with van der Waals surface area (Å²) in [5.41, 5.74) is 2.98. The molecule has 1 aliphatic heterocycles. The summed E-state index contributed by atoms with van der Waals surface area (Å²) in [4.78, 5) is 4.15. The van der Waals surface area contributed by atoms with Crippen molar-refractivity contribution in [2.75, 3.05) is 18.8 Å². The highest BCUT2D eigenvalue weighted by molar-refractivity contribution is 7.99. The van der Waals surface area contributed by atoms with E-state index in [1.807, 2.05) is 11.8 Å². The van der Waals surface area contributed by atoms with E-state index in [1.165, 1.54) is 54.1 Å². The monoisotopic (exact) mass is 249 g/mol. The Morgan fingerprint density at radius 1 is 1.29 bits per heavy atom. The van der Waals surface area contributed by atoms with Gasteiger partial charge in [-0.3, -0.25) is 4.90 Å². The van der Waals surface area contributed by atoms with Gasteiger partial charge in [-0.2, -0.15) is 0 Å². The molecule has 0 amide bonds. The summed E-state index contributed by atoms with van der Waals surface area (Å²) in [6.07, 6.45) is 4.03. The van der Waals surface area contributed by atoms with Crippen LogP contribution in [0, 0.1) is 6.92 Å². The van der Waals surface area contributed by atoms with E-state index in [4.69, 9.17) is 0 Å². The molecule has 1 nitrogen and oxygen atoms in total. The fourth-order valence-electron chi connectivity index (χ4n) is 2.42. The number of hydrogen-bond acceptors (Lipinski definition) is 2. The lowest BCUT2D eigenvalue weighted by Gasteiger charge is -2.19. The first-order valence-corrected chi connectivity index (χ1v) is 7.73. The topological polar surface area (TPSA) is 3.24 Å². The van der Waals surface area contributed by atoms with Gasteiger partial charge in [0.1, 0.15) is 0 Å². The van der Waals surface area contributed by atoms with Crippen molar-refractivity contribution in [3.8, 4) is 0 Å². The van der Waals surface area contributed by atoms with E-state index >= 15 is 0 Å². The molecule has 2 heteroatoms. The molecule has 0 aliphatic carbocycles. The summed E-state index contributed by atoms with van der Waals surface area (Å²) >= 11 is 2.04. The molecule has 1 aromatic rings. The van der Waals surface area contributed by atoms with Gasteiger partial charge in [-0.05, 0) is 31.0 Å². The van der Waals surface area contributed by atoms with Gasteiger partial charge < -0.3 is 0 Å². The van der Waals surface area contributed by atoms with E-state index in [0.717, 1.165) is 6.54 Å². The van der Waals surface area contributed by atoms with Crippen molar-refractivity contribution in [3.63, 3.8) is 0 Å². The minimum Gasteiger partial charge on any atom is -0.298 e. The van der Waals surface area contributed by atoms with Crippen molar-refractivity contribution in [2.24, 2.45) is 0 Å². The van der Waals surface area contributed by atoms with Crippen LogP contribution in [0.25, 0.3) is 0 Å². The van der Waals surface area contributed by atoms with Gasteiger partial charge in [-0.25, -0.2) is 0 Å². The predicted octanol–water partition coefficient (Wildman–Crippen LogP) is 4.09. The van der Waals surface area contributed by atoms with Crippen LogP contribution < -0.4 is 0 Å². The molecule has 0 saturated heterocycles. The number of aryl methyl sites for hydroxylation is 1. The number of unbranched alkanes of at least 4 members (excludes halogenated alkanes) is 2. The normalized spacial score (nSPS) is 16.6. The molecule has 1 aliphatic rings. The molecule has 0 unspecified atom stereocenters. The lowest BCUT2D eigenvalue weighted by molar-refractivity contribution is 0.276. The van der Waals surface area contributed by atoms with E-state index in [1.54, 1.807) is 0 Å². The Hall–Kier alpha value is -0.470. The van der Waals surface area contributed by atoms with E-state index in [-0.39, 0.29) is 0 Å². The molecule has 17 heavy (non-hydrogen) atoms. The van der Waals surface area contributed by atoms with Gasteiger partial charge in [0.15, 0.2) is 0 Å². The predicted molar refractivity (Wildman–Crippen MR) is 76.7 cm³/mol. The SMILES string of the molecule is CCCCCN1CCSc2c(C)cccc2C1. The summed E-state index contributed by atoms with van der Waals surface area (Å²) < 4.78 is 0. The molecule has 0 atom stereocenters. The van der Waals surface area contributed by atoms with Crippen LogP contribution in [-0.4, -0.2) is 23.7 Å². The van der Waals surface area contributed by atoms with Crippen molar-refractivity contribution in [1.29, 1.82) is 0 Å². The molecular weight excluding hydrogens is 226 g/mol. The van der Waals surface area contributed by atoms with Gasteiger partial charge in [0, 0.05) is 23.7 Å². The third-order valence-corrected chi connectivity index (χ3v) is 4.68. The van der Waals surface area contributed by atoms with Crippen molar-refractivity contribution in [1.82, 2.24) is 4.90 Å². The molecule has 0 radical (unpaired) electrons. The van der Waals surface area contributed by atoms with Crippen LogP contribution in [0.3, 0.4) is 0 Å². The third kappa shape index (κ3) is 3.49. The Kier molecular flexibility index (Phi) is 4.93. The zero-order chi connectivity index (χ0) is 12.1. The Morgan fingerprint density at radius 3 is 3.00 bits per heavy atom. The summed E-state index contributed by atoms with van der Waals surface area (Å²) in [5.74, 6) is 1.24. The van der Waals surface area contributed by atoms with Crippen LogP contribution in [0.1, 0.15) is 37.3 Å². The molecule has 1 heterocycles. The van der Waals surface area contributed by atoms with E-state index in [0.29, 0.717) is 0 Å². The van der Waals surface area contributed by atoms with Gasteiger partial charge in [-0.15, -0.1) is 11.8 Å². The minimum atomic E-state index is 1.15. The van der Waals surface area contributed by atoms with Gasteiger partial charge in [0.2, 0.25) is 0 Å². The fourth-order valence-corrected chi connectivity index (χ4v) is 3.58. The Balaban J connectivity index is 2.02. The zero-order valence-corrected chi connectivity index (χ0v) is 11.9. The number of thioether (sulfide) groups is 1. The minimum absolute atomic E-state index is 1.15. The van der Waals surface area contributed by atoms with Crippen LogP contribution >= 0.6 is 11.8 Å². The number of benzene rings is 1. The maximum Gasteiger partial charge on any atom is 0.0245 e. The summed E-state index contributed by atoms with van der Waals surface area (Å²) in [6, 6.07) is 6.73. The first kappa shape index (κ1) is 13.0. The maximum absolute atomic E-state index is 2.62. The lowest BCUT2D eigenvalue weighted by Crippen LogP contribution is -2.25. The smallest absolute Gasteiger partial charge is 0.0245 e. The molecule has 2 rings (SSSR count). The average molecular weight is 249 g/mol. The summed E-state index contributed by atoms with van der Waals surface area (Å²) in [7, 11) is 0. The Labute approximate surface area is 110 Å². The van der Waals surface area contributed by atoms with Crippen molar-refractivity contribution in [3.05, 3.63) is 29.3 Å². The Bertz CT molecular complexity index is 362. The van der Waals surface area contributed by atoms with Gasteiger partial charge in [0.05, 0.1) is 0 Å². The van der Waals surface area contributed by atoms with Crippen LogP contribution in [0.2, 0.25) is 0 Å². The van der Waals surface area contributed by atoms with Crippen molar-refractivity contribution >= 4 is 11.8 Å². The molecule has 0 fully saturated rings. The molecule has 0 aromatic heterocycles. The van der Waals surface area contributed by atoms with E-state index < -0.39 is 0 Å². The molecule has 0 bridgehead atoms. The van der Waals surface area contributed by atoms with Gasteiger partial charge >= 0.3 is 0 Å². The first-order valence-electron chi connectivity index (χ1n) is 6.75. The largest absolute Gasteiger partial charge is 0.298 e. The van der Waals surface area contributed by atoms with Crippen molar-refractivity contribution in [2.45, 2.75) is 44.6 Å². The standard InChI is InChI=1S/C15H23NS/c1-3-4-5-9-16-10-11-17-15-13(2)7-6-8-14(15)12-16/h6-8H,3-5,9-12H2,1-2H3. The van der Waals surface area contributed by atoms with Crippen LogP contribution in [0.15, 0.2) is 23.1 Å². The zero-order valence-electron chi connectivity index (χ0n) is 11.0. The van der Waals surface area contributed by atoms with Crippen molar-refractivity contribution < 1.29 is 0 Å². The van der Waals surface area contributed by atoms with E-state index in [9.17, 15) is 0 Å². The highest BCUT2D eigenvalue weighted by atomic mass is 32.2. The fraction of sp³-hybridized carbons (Fsp3) is 0.600.